The van der Waals surface area contributed by atoms with E-state index in [-0.39, 0.29) is 5.91 Å². The third-order valence-electron chi connectivity index (χ3n) is 3.25. The molecule has 0 spiro atoms. The van der Waals surface area contributed by atoms with Gasteiger partial charge >= 0.3 is 0 Å². The first-order chi connectivity index (χ1) is 8.36. The Labute approximate surface area is 102 Å². The van der Waals surface area contributed by atoms with Crippen molar-refractivity contribution in [1.29, 1.82) is 0 Å². The molecule has 0 aromatic carbocycles. The molecule has 0 radical (unpaired) electrons. The summed E-state index contributed by atoms with van der Waals surface area (Å²) in [4.78, 5) is 17.0. The van der Waals surface area contributed by atoms with Crippen LogP contribution in [0.2, 0.25) is 0 Å². The lowest BCUT2D eigenvalue weighted by Crippen LogP contribution is -2.33. The quantitative estimate of drug-likeness (QED) is 0.762. The topological polar surface area (TPSA) is 48.1 Å². The van der Waals surface area contributed by atoms with E-state index in [9.17, 15) is 4.79 Å². The van der Waals surface area contributed by atoms with Gasteiger partial charge in [-0.1, -0.05) is 6.42 Å². The van der Waals surface area contributed by atoms with Gasteiger partial charge in [-0.15, -0.1) is 0 Å². The van der Waals surface area contributed by atoms with Crippen LogP contribution in [0.15, 0.2) is 18.5 Å². The predicted octanol–water partition coefficient (Wildman–Crippen LogP) is 1.62. The van der Waals surface area contributed by atoms with Gasteiger partial charge in [-0.3, -0.25) is 4.79 Å². The number of H-pyrrole nitrogens is 1. The zero-order chi connectivity index (χ0) is 11.9. The maximum absolute atomic E-state index is 11.6. The molecule has 0 atom stereocenters. The molecule has 0 unspecified atom stereocenters. The number of rotatable bonds is 5. The molecule has 1 fully saturated rings. The number of nitrogens with one attached hydrogen (secondary N) is 2. The number of piperidine rings is 1. The fourth-order valence-electron chi connectivity index (χ4n) is 2.25. The second-order valence-corrected chi connectivity index (χ2v) is 4.61. The molecule has 17 heavy (non-hydrogen) atoms. The summed E-state index contributed by atoms with van der Waals surface area (Å²) in [7, 11) is 0. The highest BCUT2D eigenvalue weighted by atomic mass is 16.1. The lowest BCUT2D eigenvalue weighted by molar-refractivity contribution is 0.0951. The normalized spacial score (nSPS) is 16.9. The second-order valence-electron chi connectivity index (χ2n) is 4.61. The molecular weight excluding hydrogens is 214 g/mol. The van der Waals surface area contributed by atoms with Crippen LogP contribution in [-0.2, 0) is 0 Å². The number of carbonyl (C=O) groups excluding carboxylic acids is 1. The van der Waals surface area contributed by atoms with Crippen LogP contribution < -0.4 is 5.32 Å². The van der Waals surface area contributed by atoms with Gasteiger partial charge in [-0.05, 0) is 45.0 Å². The Morgan fingerprint density at radius 3 is 2.88 bits per heavy atom. The van der Waals surface area contributed by atoms with Gasteiger partial charge < -0.3 is 15.2 Å². The van der Waals surface area contributed by atoms with Crippen LogP contribution in [0, 0.1) is 0 Å². The molecule has 1 aliphatic rings. The van der Waals surface area contributed by atoms with Crippen molar-refractivity contribution in [3.63, 3.8) is 0 Å². The highest BCUT2D eigenvalue weighted by Gasteiger charge is 2.09. The molecule has 4 nitrogen and oxygen atoms in total. The first-order valence-corrected chi connectivity index (χ1v) is 6.49. The van der Waals surface area contributed by atoms with Crippen molar-refractivity contribution in [2.24, 2.45) is 0 Å². The molecule has 1 aliphatic heterocycles. The lowest BCUT2D eigenvalue weighted by atomic mass is 10.1. The number of hydrogen-bond acceptors (Lipinski definition) is 2. The van der Waals surface area contributed by atoms with Crippen molar-refractivity contribution >= 4 is 5.91 Å². The molecule has 0 aliphatic carbocycles. The smallest absolute Gasteiger partial charge is 0.252 e. The second kappa shape index (κ2) is 6.45. The van der Waals surface area contributed by atoms with Gasteiger partial charge in [0.1, 0.15) is 0 Å². The number of amides is 1. The van der Waals surface area contributed by atoms with Gasteiger partial charge in [0.15, 0.2) is 0 Å². The number of carbonyl (C=O) groups is 1. The van der Waals surface area contributed by atoms with Crippen LogP contribution in [0.1, 0.15) is 36.0 Å². The fraction of sp³-hybridized carbons (Fsp3) is 0.615. The van der Waals surface area contributed by atoms with Gasteiger partial charge in [0.25, 0.3) is 5.91 Å². The third-order valence-corrected chi connectivity index (χ3v) is 3.25. The summed E-state index contributed by atoms with van der Waals surface area (Å²) in [6.45, 7) is 4.32. The molecule has 2 N–H and O–H groups in total. The minimum absolute atomic E-state index is 0.0184. The van der Waals surface area contributed by atoms with E-state index in [0.717, 1.165) is 19.5 Å². The zero-order valence-electron chi connectivity index (χ0n) is 10.2. The molecular formula is C13H21N3O. The molecule has 4 heteroatoms. The largest absolute Gasteiger partial charge is 0.367 e. The van der Waals surface area contributed by atoms with Crippen molar-refractivity contribution in [2.45, 2.75) is 25.7 Å². The maximum atomic E-state index is 11.6. The molecule has 1 aromatic heterocycles. The van der Waals surface area contributed by atoms with Crippen LogP contribution in [-0.4, -0.2) is 42.0 Å². The van der Waals surface area contributed by atoms with Crippen LogP contribution >= 0.6 is 0 Å². The average Bonchev–Trinajstić information content (AvgIpc) is 2.89. The standard InChI is InChI=1S/C13H21N3O/c17-13(12-5-7-14-11-12)15-6-4-10-16-8-2-1-3-9-16/h5,7,11,14H,1-4,6,8-10H2,(H,15,17). The summed E-state index contributed by atoms with van der Waals surface area (Å²) < 4.78 is 0. The Morgan fingerprint density at radius 2 is 2.18 bits per heavy atom. The number of aromatic nitrogens is 1. The van der Waals surface area contributed by atoms with Gasteiger partial charge in [0.05, 0.1) is 5.56 Å². The van der Waals surface area contributed by atoms with E-state index >= 15 is 0 Å². The molecule has 2 heterocycles. The minimum Gasteiger partial charge on any atom is -0.367 e. The van der Waals surface area contributed by atoms with Gasteiger partial charge in [0.2, 0.25) is 0 Å². The van der Waals surface area contributed by atoms with Crippen molar-refractivity contribution < 1.29 is 4.79 Å². The molecule has 1 aromatic rings. The van der Waals surface area contributed by atoms with Crippen LogP contribution in [0.25, 0.3) is 0 Å². The first-order valence-electron chi connectivity index (χ1n) is 6.49. The summed E-state index contributed by atoms with van der Waals surface area (Å²) in [6.07, 6.45) is 8.56. The number of likely N-dealkylation sites (tertiary alicyclic amines) is 1. The van der Waals surface area contributed by atoms with E-state index in [0.29, 0.717) is 5.56 Å². The maximum Gasteiger partial charge on any atom is 0.252 e. The molecule has 0 saturated carbocycles. The minimum atomic E-state index is 0.0184. The van der Waals surface area contributed by atoms with Crippen LogP contribution in [0.5, 0.6) is 0 Å². The third kappa shape index (κ3) is 3.89. The van der Waals surface area contributed by atoms with Crippen molar-refractivity contribution in [2.75, 3.05) is 26.2 Å². The fourth-order valence-corrected chi connectivity index (χ4v) is 2.25. The highest BCUT2D eigenvalue weighted by molar-refractivity contribution is 5.93. The summed E-state index contributed by atoms with van der Waals surface area (Å²) in [6, 6.07) is 1.79. The molecule has 1 amide bonds. The van der Waals surface area contributed by atoms with E-state index in [1.54, 1.807) is 18.5 Å². The average molecular weight is 235 g/mol. The lowest BCUT2D eigenvalue weighted by Gasteiger charge is -2.26. The van der Waals surface area contributed by atoms with Crippen molar-refractivity contribution in [3.8, 4) is 0 Å². The van der Waals surface area contributed by atoms with E-state index in [1.165, 1.54) is 32.4 Å². The molecule has 94 valence electrons. The van der Waals surface area contributed by atoms with E-state index in [4.69, 9.17) is 0 Å². The Morgan fingerprint density at radius 1 is 1.35 bits per heavy atom. The van der Waals surface area contributed by atoms with Crippen molar-refractivity contribution in [1.82, 2.24) is 15.2 Å². The van der Waals surface area contributed by atoms with E-state index < -0.39 is 0 Å². The molecule has 0 bridgehead atoms. The van der Waals surface area contributed by atoms with Crippen LogP contribution in [0.3, 0.4) is 0 Å². The summed E-state index contributed by atoms with van der Waals surface area (Å²) in [5.74, 6) is 0.0184. The van der Waals surface area contributed by atoms with Crippen molar-refractivity contribution in [3.05, 3.63) is 24.0 Å². The monoisotopic (exact) mass is 235 g/mol. The Hall–Kier alpha value is -1.29. The van der Waals surface area contributed by atoms with Gasteiger partial charge in [-0.2, -0.15) is 0 Å². The summed E-state index contributed by atoms with van der Waals surface area (Å²) >= 11 is 0. The highest BCUT2D eigenvalue weighted by Crippen LogP contribution is 2.08. The first kappa shape index (κ1) is 12.2. The van der Waals surface area contributed by atoms with Gasteiger partial charge in [-0.25, -0.2) is 0 Å². The number of nitrogens with zero attached hydrogens (tertiary/aromatic N) is 1. The Balaban J connectivity index is 1.58. The van der Waals surface area contributed by atoms with Gasteiger partial charge in [0, 0.05) is 18.9 Å². The van der Waals surface area contributed by atoms with E-state index in [1.807, 2.05) is 0 Å². The number of hydrogen-bond donors (Lipinski definition) is 2. The molecule has 2 rings (SSSR count). The summed E-state index contributed by atoms with van der Waals surface area (Å²) in [5, 5.41) is 2.94. The predicted molar refractivity (Wildman–Crippen MR) is 68.0 cm³/mol. The Bertz CT molecular complexity index is 328. The summed E-state index contributed by atoms with van der Waals surface area (Å²) in [5.41, 5.74) is 0.711. The number of aromatic amines is 1. The Kier molecular flexibility index (Phi) is 4.62. The van der Waals surface area contributed by atoms with E-state index in [2.05, 4.69) is 15.2 Å². The van der Waals surface area contributed by atoms with Crippen LogP contribution in [0.4, 0.5) is 0 Å². The molecule has 1 saturated heterocycles. The SMILES string of the molecule is O=C(NCCCN1CCCCC1)c1cc[nH]c1. The zero-order valence-corrected chi connectivity index (χ0v) is 10.2.